The number of nitrogens with zero attached hydrogens (tertiary/aromatic N) is 2. The zero-order chi connectivity index (χ0) is 10.7. The highest BCUT2D eigenvalue weighted by Gasteiger charge is 2.38. The molecule has 0 aromatic heterocycles. The van der Waals surface area contributed by atoms with Crippen LogP contribution in [0.1, 0.15) is 20.8 Å². The Morgan fingerprint density at radius 2 is 1.69 bits per heavy atom. The van der Waals surface area contributed by atoms with Gasteiger partial charge in [-0.2, -0.15) is 10.5 Å². The van der Waals surface area contributed by atoms with Crippen molar-refractivity contribution in [2.24, 2.45) is 0 Å². The first kappa shape index (κ1) is 11.9. The second kappa shape index (κ2) is 3.76. The third-order valence-electron chi connectivity index (χ3n) is 2.88. The van der Waals surface area contributed by atoms with Gasteiger partial charge in [0, 0.05) is 11.3 Å². The molecule has 0 aromatic rings. The lowest BCUT2D eigenvalue weighted by Gasteiger charge is -2.35. The summed E-state index contributed by atoms with van der Waals surface area (Å²) in [6.07, 6.45) is 1.40. The molecule has 0 aliphatic carbocycles. The molecule has 0 heterocycles. The molecule has 0 rings (SSSR count). The van der Waals surface area contributed by atoms with Gasteiger partial charge in [0.15, 0.2) is 0 Å². The highest BCUT2D eigenvalue weighted by Crippen LogP contribution is 2.40. The summed E-state index contributed by atoms with van der Waals surface area (Å²) >= 11 is 0. The summed E-state index contributed by atoms with van der Waals surface area (Å²) in [5.41, 5.74) is 0. The summed E-state index contributed by atoms with van der Waals surface area (Å²) in [7, 11) is -1.78. The Morgan fingerprint density at radius 3 is 1.92 bits per heavy atom. The molecule has 0 radical (unpaired) electrons. The second-order valence-corrected chi connectivity index (χ2v) is 9.96. The molecule has 3 heteroatoms. The fraction of sp³-hybridized carbons (Fsp3) is 0.600. The van der Waals surface area contributed by atoms with Gasteiger partial charge in [-0.05, 0) is 5.04 Å². The van der Waals surface area contributed by atoms with Crippen LogP contribution in [0.4, 0.5) is 0 Å². The van der Waals surface area contributed by atoms with E-state index in [1.165, 1.54) is 6.08 Å². The van der Waals surface area contributed by atoms with Crippen molar-refractivity contribution in [2.45, 2.75) is 38.9 Å². The largest absolute Gasteiger partial charge is 0.193 e. The van der Waals surface area contributed by atoms with Crippen molar-refractivity contribution in [2.75, 3.05) is 0 Å². The molecular formula is C10H16N2Si. The van der Waals surface area contributed by atoms with E-state index in [4.69, 9.17) is 10.5 Å². The SMILES string of the molecule is CC(C)(C)[Si](C)(C)C(C#N)=CC#N. The molecule has 0 N–H and O–H groups in total. The Morgan fingerprint density at radius 1 is 1.23 bits per heavy atom. The quantitative estimate of drug-likeness (QED) is 0.473. The Bertz CT molecular complexity index is 294. The lowest BCUT2D eigenvalue weighted by molar-refractivity contribution is 0.726. The molecule has 0 saturated heterocycles. The zero-order valence-corrected chi connectivity index (χ0v) is 9.97. The molecule has 0 spiro atoms. The van der Waals surface area contributed by atoms with Gasteiger partial charge in [-0.3, -0.25) is 0 Å². The molecule has 0 aliphatic heterocycles. The maximum Gasteiger partial charge on any atom is 0.100 e. The molecule has 0 bridgehead atoms. The maximum absolute atomic E-state index is 8.92. The van der Waals surface area contributed by atoms with Gasteiger partial charge in [-0.15, -0.1) is 0 Å². The smallest absolute Gasteiger partial charge is 0.100 e. The first-order valence-corrected chi connectivity index (χ1v) is 7.27. The van der Waals surface area contributed by atoms with Gasteiger partial charge >= 0.3 is 0 Å². The predicted octanol–water partition coefficient (Wildman–Crippen LogP) is 3.01. The standard InChI is InChI=1S/C10H16N2Si/c1-10(2,3)13(4,5)9(8-12)6-7-11/h6H,1-5H3. The van der Waals surface area contributed by atoms with Crippen LogP contribution in [0.3, 0.4) is 0 Å². The van der Waals surface area contributed by atoms with Gasteiger partial charge in [-0.25, -0.2) is 0 Å². The molecule has 0 amide bonds. The van der Waals surface area contributed by atoms with Crippen LogP contribution in [-0.4, -0.2) is 8.07 Å². The van der Waals surface area contributed by atoms with Crippen molar-refractivity contribution in [3.8, 4) is 12.1 Å². The van der Waals surface area contributed by atoms with Crippen molar-refractivity contribution in [3.05, 3.63) is 11.3 Å². The first-order valence-electron chi connectivity index (χ1n) is 4.27. The van der Waals surface area contributed by atoms with E-state index < -0.39 is 8.07 Å². The van der Waals surface area contributed by atoms with Crippen LogP contribution in [-0.2, 0) is 0 Å². The average Bonchev–Trinajstić information content (AvgIpc) is 1.97. The highest BCUT2D eigenvalue weighted by molar-refractivity contribution is 6.87. The van der Waals surface area contributed by atoms with Crippen molar-refractivity contribution in [3.63, 3.8) is 0 Å². The minimum atomic E-state index is -1.78. The molecule has 0 aromatic carbocycles. The second-order valence-electron chi connectivity index (χ2n) is 4.67. The van der Waals surface area contributed by atoms with Crippen molar-refractivity contribution < 1.29 is 0 Å². The predicted molar refractivity (Wildman–Crippen MR) is 56.5 cm³/mol. The van der Waals surface area contributed by atoms with E-state index in [0.29, 0.717) is 5.20 Å². The summed E-state index contributed by atoms with van der Waals surface area (Å²) in [5.74, 6) is 0. The van der Waals surface area contributed by atoms with E-state index >= 15 is 0 Å². The van der Waals surface area contributed by atoms with E-state index in [0.717, 1.165) is 0 Å². The molecule has 70 valence electrons. The van der Waals surface area contributed by atoms with Crippen LogP contribution in [0.2, 0.25) is 18.1 Å². The van der Waals surface area contributed by atoms with E-state index in [1.807, 2.05) is 6.07 Å². The molecule has 0 unspecified atom stereocenters. The van der Waals surface area contributed by atoms with Crippen molar-refractivity contribution in [1.82, 2.24) is 0 Å². The first-order chi connectivity index (χ1) is 5.77. The van der Waals surface area contributed by atoms with Crippen LogP contribution < -0.4 is 0 Å². The maximum atomic E-state index is 8.92. The van der Waals surface area contributed by atoms with Crippen LogP contribution in [0, 0.1) is 22.7 Å². The third-order valence-corrected chi connectivity index (χ3v) is 8.23. The van der Waals surface area contributed by atoms with E-state index in [1.54, 1.807) is 0 Å². The Kier molecular flexibility index (Phi) is 3.46. The van der Waals surface area contributed by atoms with Crippen LogP contribution in [0.15, 0.2) is 11.3 Å². The summed E-state index contributed by atoms with van der Waals surface area (Å²) in [5, 5.41) is 18.3. The topological polar surface area (TPSA) is 47.6 Å². The zero-order valence-electron chi connectivity index (χ0n) is 8.97. The van der Waals surface area contributed by atoms with Gasteiger partial charge in [0.2, 0.25) is 0 Å². The minimum Gasteiger partial charge on any atom is -0.193 e. The van der Waals surface area contributed by atoms with E-state index in [2.05, 4.69) is 39.9 Å². The molecule has 13 heavy (non-hydrogen) atoms. The fourth-order valence-electron chi connectivity index (χ4n) is 0.821. The van der Waals surface area contributed by atoms with Gasteiger partial charge in [0.05, 0.1) is 12.1 Å². The highest BCUT2D eigenvalue weighted by atomic mass is 28.3. The lowest BCUT2D eigenvalue weighted by Crippen LogP contribution is -2.39. The number of allylic oxidation sites excluding steroid dienone is 2. The Hall–Kier alpha value is -1.06. The van der Waals surface area contributed by atoms with Gasteiger partial charge in [0.25, 0.3) is 0 Å². The number of nitriles is 2. The average molecular weight is 192 g/mol. The summed E-state index contributed by atoms with van der Waals surface area (Å²) in [6, 6.07) is 4.10. The normalized spacial score (nSPS) is 13.3. The molecule has 0 saturated carbocycles. The Balaban J connectivity index is 5.19. The lowest BCUT2D eigenvalue weighted by atomic mass is 10.2. The van der Waals surface area contributed by atoms with Gasteiger partial charge in [-0.1, -0.05) is 33.9 Å². The molecule has 0 atom stereocenters. The molecule has 0 aliphatic rings. The fourth-order valence-corrected chi connectivity index (χ4v) is 2.33. The Labute approximate surface area is 81.5 Å². The van der Waals surface area contributed by atoms with Crippen molar-refractivity contribution in [1.29, 1.82) is 10.5 Å². The van der Waals surface area contributed by atoms with Crippen LogP contribution in [0.25, 0.3) is 0 Å². The third kappa shape index (κ3) is 2.44. The number of hydrogen-bond acceptors (Lipinski definition) is 2. The monoisotopic (exact) mass is 192 g/mol. The van der Waals surface area contributed by atoms with Crippen LogP contribution in [0.5, 0.6) is 0 Å². The summed E-state index contributed by atoms with van der Waals surface area (Å²) in [4.78, 5) is 0. The molecule has 0 fully saturated rings. The number of hydrogen-bond donors (Lipinski definition) is 0. The number of rotatable bonds is 1. The van der Waals surface area contributed by atoms with Crippen LogP contribution >= 0.6 is 0 Å². The summed E-state index contributed by atoms with van der Waals surface area (Å²) in [6.45, 7) is 10.6. The van der Waals surface area contributed by atoms with Gasteiger partial charge < -0.3 is 0 Å². The summed E-state index contributed by atoms with van der Waals surface area (Å²) < 4.78 is 0. The minimum absolute atomic E-state index is 0.116. The van der Waals surface area contributed by atoms with Crippen molar-refractivity contribution >= 4 is 8.07 Å². The molecular weight excluding hydrogens is 176 g/mol. The molecule has 2 nitrogen and oxygen atoms in total. The van der Waals surface area contributed by atoms with Gasteiger partial charge in [0.1, 0.15) is 8.07 Å². The van der Waals surface area contributed by atoms with E-state index in [-0.39, 0.29) is 5.04 Å². The van der Waals surface area contributed by atoms with E-state index in [9.17, 15) is 0 Å².